The molecule has 0 bridgehead atoms. The number of nitrogens with zero attached hydrogens (tertiary/aromatic N) is 2. The summed E-state index contributed by atoms with van der Waals surface area (Å²) in [5, 5.41) is 12.2. The van der Waals surface area contributed by atoms with Crippen molar-refractivity contribution >= 4 is 5.97 Å². The van der Waals surface area contributed by atoms with Gasteiger partial charge in [0.25, 0.3) is 0 Å². The van der Waals surface area contributed by atoms with Gasteiger partial charge in [-0.3, -0.25) is 4.79 Å². The Kier molecular flexibility index (Phi) is 2.02. The summed E-state index contributed by atoms with van der Waals surface area (Å²) >= 11 is 0. The molecule has 1 aliphatic rings. The van der Waals surface area contributed by atoms with Gasteiger partial charge in [0.05, 0.1) is 0 Å². The van der Waals surface area contributed by atoms with Crippen molar-refractivity contribution in [1.29, 1.82) is 0 Å². The Hall–Kier alpha value is -1.39. The van der Waals surface area contributed by atoms with E-state index in [1.54, 1.807) is 0 Å². The van der Waals surface area contributed by atoms with Crippen molar-refractivity contribution in [2.24, 2.45) is 0 Å². The monoisotopic (exact) mass is 196 g/mol. The maximum absolute atomic E-state index is 10.4. The Balaban J connectivity index is 2.13. The van der Waals surface area contributed by atoms with Gasteiger partial charge in [0.15, 0.2) is 5.82 Å². The summed E-state index contributed by atoms with van der Waals surface area (Å²) < 4.78 is 5.05. The minimum absolute atomic E-state index is 0.0102. The molecule has 2 rings (SSSR count). The zero-order valence-corrected chi connectivity index (χ0v) is 7.99. The Bertz CT molecular complexity index is 355. The first-order valence-corrected chi connectivity index (χ1v) is 4.65. The smallest absolute Gasteiger partial charge is 0.311 e. The molecule has 5 nitrogen and oxygen atoms in total. The van der Waals surface area contributed by atoms with Gasteiger partial charge in [0.1, 0.15) is 6.42 Å². The van der Waals surface area contributed by atoms with Crippen LogP contribution in [0.4, 0.5) is 0 Å². The fraction of sp³-hybridized carbons (Fsp3) is 0.667. The van der Waals surface area contributed by atoms with E-state index in [4.69, 9.17) is 9.63 Å². The molecule has 5 heteroatoms. The average Bonchev–Trinajstić information content (AvgIpc) is 2.47. The van der Waals surface area contributed by atoms with Gasteiger partial charge in [-0.05, 0) is 12.8 Å². The quantitative estimate of drug-likeness (QED) is 0.784. The van der Waals surface area contributed by atoms with Crippen LogP contribution in [0.3, 0.4) is 0 Å². The van der Waals surface area contributed by atoms with Crippen LogP contribution in [0.5, 0.6) is 0 Å². The molecule has 0 radical (unpaired) electrons. The van der Waals surface area contributed by atoms with Crippen molar-refractivity contribution in [3.8, 4) is 0 Å². The van der Waals surface area contributed by atoms with Crippen LogP contribution in [-0.2, 0) is 16.6 Å². The van der Waals surface area contributed by atoms with E-state index in [2.05, 4.69) is 17.1 Å². The minimum atomic E-state index is -0.934. The number of carboxylic acids is 1. The average molecular weight is 196 g/mol. The van der Waals surface area contributed by atoms with Crippen molar-refractivity contribution in [2.45, 2.75) is 38.0 Å². The molecule has 0 amide bonds. The molecule has 1 fully saturated rings. The summed E-state index contributed by atoms with van der Waals surface area (Å²) in [6.45, 7) is 2.06. The predicted octanol–water partition coefficient (Wildman–Crippen LogP) is 1.14. The Labute approximate surface area is 81.1 Å². The summed E-state index contributed by atoms with van der Waals surface area (Å²) in [6, 6.07) is 0. The molecule has 76 valence electrons. The highest BCUT2D eigenvalue weighted by molar-refractivity contribution is 5.68. The van der Waals surface area contributed by atoms with E-state index in [1.807, 2.05) is 0 Å². The molecule has 0 unspecified atom stereocenters. The molecule has 0 spiro atoms. The van der Waals surface area contributed by atoms with Gasteiger partial charge in [-0.2, -0.15) is 4.98 Å². The van der Waals surface area contributed by atoms with Gasteiger partial charge in [-0.15, -0.1) is 0 Å². The van der Waals surface area contributed by atoms with Crippen molar-refractivity contribution in [3.05, 3.63) is 11.7 Å². The van der Waals surface area contributed by atoms with Gasteiger partial charge in [-0.25, -0.2) is 0 Å². The third-order valence-electron chi connectivity index (χ3n) is 2.75. The van der Waals surface area contributed by atoms with Gasteiger partial charge < -0.3 is 9.63 Å². The van der Waals surface area contributed by atoms with Crippen LogP contribution in [-0.4, -0.2) is 21.2 Å². The molecule has 1 aromatic rings. The number of carbonyl (C=O) groups is 1. The number of aromatic nitrogens is 2. The molecule has 1 heterocycles. The molecule has 0 saturated heterocycles. The van der Waals surface area contributed by atoms with Crippen molar-refractivity contribution in [3.63, 3.8) is 0 Å². The fourth-order valence-electron chi connectivity index (χ4n) is 1.63. The molecule has 0 aliphatic heterocycles. The molecule has 1 aliphatic carbocycles. The van der Waals surface area contributed by atoms with Gasteiger partial charge in [0.2, 0.25) is 5.89 Å². The molecular formula is C9H12N2O3. The third kappa shape index (κ3) is 1.49. The van der Waals surface area contributed by atoms with Crippen molar-refractivity contribution in [2.75, 3.05) is 0 Å². The largest absolute Gasteiger partial charge is 0.481 e. The standard InChI is InChI=1S/C9H12N2O3/c1-9(3-2-4-9)8-10-6(11-14-8)5-7(12)13/h2-5H2,1H3,(H,12,13). The first kappa shape index (κ1) is 9.18. The normalized spacial score (nSPS) is 18.9. The van der Waals surface area contributed by atoms with E-state index in [0.29, 0.717) is 5.89 Å². The SMILES string of the molecule is CC1(c2nc(CC(=O)O)no2)CCC1. The first-order chi connectivity index (χ1) is 6.60. The summed E-state index contributed by atoms with van der Waals surface area (Å²) in [5.41, 5.74) is -0.0102. The van der Waals surface area contributed by atoms with Gasteiger partial charge >= 0.3 is 5.97 Å². The number of rotatable bonds is 3. The highest BCUT2D eigenvalue weighted by Gasteiger charge is 2.39. The lowest BCUT2D eigenvalue weighted by atomic mass is 9.70. The Morgan fingerprint density at radius 1 is 1.64 bits per heavy atom. The van der Waals surface area contributed by atoms with E-state index in [9.17, 15) is 4.79 Å². The van der Waals surface area contributed by atoms with E-state index in [-0.39, 0.29) is 17.7 Å². The van der Waals surface area contributed by atoms with E-state index in [0.717, 1.165) is 12.8 Å². The topological polar surface area (TPSA) is 76.2 Å². The molecule has 14 heavy (non-hydrogen) atoms. The Morgan fingerprint density at radius 3 is 2.86 bits per heavy atom. The lowest BCUT2D eigenvalue weighted by molar-refractivity contribution is -0.136. The van der Waals surface area contributed by atoms with Crippen LogP contribution in [0, 0.1) is 0 Å². The first-order valence-electron chi connectivity index (χ1n) is 4.65. The summed E-state index contributed by atoms with van der Waals surface area (Å²) in [5.74, 6) is -0.0864. The lowest BCUT2D eigenvalue weighted by Crippen LogP contribution is -2.30. The van der Waals surface area contributed by atoms with Crippen LogP contribution in [0.15, 0.2) is 4.52 Å². The van der Waals surface area contributed by atoms with Crippen LogP contribution in [0.2, 0.25) is 0 Å². The summed E-state index contributed by atoms with van der Waals surface area (Å²) in [4.78, 5) is 14.5. The highest BCUT2D eigenvalue weighted by atomic mass is 16.5. The molecule has 0 atom stereocenters. The van der Waals surface area contributed by atoms with Gasteiger partial charge in [-0.1, -0.05) is 18.5 Å². The van der Waals surface area contributed by atoms with Gasteiger partial charge in [0, 0.05) is 5.41 Å². The number of carboxylic acid groups (broad SMARTS) is 1. The van der Waals surface area contributed by atoms with Crippen LogP contribution >= 0.6 is 0 Å². The van der Waals surface area contributed by atoms with E-state index in [1.165, 1.54) is 6.42 Å². The molecular weight excluding hydrogens is 184 g/mol. The van der Waals surface area contributed by atoms with Crippen LogP contribution < -0.4 is 0 Å². The highest BCUT2D eigenvalue weighted by Crippen LogP contribution is 2.42. The van der Waals surface area contributed by atoms with E-state index >= 15 is 0 Å². The van der Waals surface area contributed by atoms with Crippen LogP contribution in [0.1, 0.15) is 37.9 Å². The molecule has 1 aromatic heterocycles. The second-order valence-corrected chi connectivity index (χ2v) is 4.00. The lowest BCUT2D eigenvalue weighted by Gasteiger charge is -2.34. The zero-order valence-electron chi connectivity index (χ0n) is 7.99. The predicted molar refractivity (Wildman–Crippen MR) is 46.8 cm³/mol. The van der Waals surface area contributed by atoms with E-state index < -0.39 is 5.97 Å². The second-order valence-electron chi connectivity index (χ2n) is 4.00. The number of hydrogen-bond donors (Lipinski definition) is 1. The third-order valence-corrected chi connectivity index (χ3v) is 2.75. The second kappa shape index (κ2) is 3.08. The summed E-state index contributed by atoms with van der Waals surface area (Å²) in [7, 11) is 0. The van der Waals surface area contributed by atoms with Crippen molar-refractivity contribution in [1.82, 2.24) is 10.1 Å². The number of hydrogen-bond acceptors (Lipinski definition) is 4. The molecule has 1 saturated carbocycles. The number of aliphatic carboxylic acids is 1. The maximum Gasteiger partial charge on any atom is 0.311 e. The minimum Gasteiger partial charge on any atom is -0.481 e. The Morgan fingerprint density at radius 2 is 2.36 bits per heavy atom. The zero-order chi connectivity index (χ0) is 10.2. The summed E-state index contributed by atoms with van der Waals surface area (Å²) in [6.07, 6.45) is 3.09. The van der Waals surface area contributed by atoms with Crippen LogP contribution in [0.25, 0.3) is 0 Å². The maximum atomic E-state index is 10.4. The fourth-order valence-corrected chi connectivity index (χ4v) is 1.63. The molecule has 0 aromatic carbocycles. The van der Waals surface area contributed by atoms with Crippen molar-refractivity contribution < 1.29 is 14.4 Å². The molecule has 1 N–H and O–H groups in total.